The Kier molecular flexibility index (Phi) is 16.4. The third kappa shape index (κ3) is 9.56. The second kappa shape index (κ2) is 14.1. The van der Waals surface area contributed by atoms with E-state index in [2.05, 4.69) is 20.8 Å². The zero-order chi connectivity index (χ0) is 13.0. The van der Waals surface area contributed by atoms with Crippen LogP contribution in [0.3, 0.4) is 0 Å². The standard InChI is InChI=1S/C15H34NO.HI/c1-4-7-11-16(12-8-5-2,13-9-6-3)14-10-15-17;/h17H,4-15H2,1-3H3;1H/q+1;/p-1. The van der Waals surface area contributed by atoms with Crippen molar-refractivity contribution in [2.75, 3.05) is 32.8 Å². The van der Waals surface area contributed by atoms with Gasteiger partial charge in [0.25, 0.3) is 0 Å². The summed E-state index contributed by atoms with van der Waals surface area (Å²) < 4.78 is 1.26. The monoisotopic (exact) mass is 371 g/mol. The molecule has 2 nitrogen and oxygen atoms in total. The van der Waals surface area contributed by atoms with E-state index in [1.165, 1.54) is 69.2 Å². The van der Waals surface area contributed by atoms with Gasteiger partial charge < -0.3 is 33.6 Å². The number of halogens is 1. The van der Waals surface area contributed by atoms with E-state index < -0.39 is 0 Å². The number of hydrogen-bond donors (Lipinski definition) is 1. The Labute approximate surface area is 132 Å². The molecular formula is C15H34INO. The van der Waals surface area contributed by atoms with Crippen LogP contribution in [-0.4, -0.2) is 42.4 Å². The second-order valence-electron chi connectivity index (χ2n) is 5.37. The van der Waals surface area contributed by atoms with Crippen LogP contribution in [0, 0.1) is 0 Å². The van der Waals surface area contributed by atoms with Gasteiger partial charge in [0.05, 0.1) is 26.2 Å². The van der Waals surface area contributed by atoms with Crippen LogP contribution in [0.2, 0.25) is 0 Å². The maximum atomic E-state index is 9.10. The summed E-state index contributed by atoms with van der Waals surface area (Å²) in [6, 6.07) is 0. The normalized spacial score (nSPS) is 11.3. The Morgan fingerprint density at radius 2 is 1.00 bits per heavy atom. The minimum absolute atomic E-state index is 0. The predicted molar refractivity (Wildman–Crippen MR) is 76.2 cm³/mol. The highest BCUT2D eigenvalue weighted by Gasteiger charge is 2.24. The van der Waals surface area contributed by atoms with Crippen molar-refractivity contribution in [3.63, 3.8) is 0 Å². The Balaban J connectivity index is 0. The molecule has 0 saturated carbocycles. The smallest absolute Gasteiger partial charge is 0.0808 e. The molecule has 0 aliphatic rings. The number of nitrogens with zero attached hydrogens (tertiary/aromatic N) is 1. The van der Waals surface area contributed by atoms with Crippen molar-refractivity contribution in [2.24, 2.45) is 0 Å². The molecule has 0 unspecified atom stereocenters. The summed E-state index contributed by atoms with van der Waals surface area (Å²) in [7, 11) is 0. The van der Waals surface area contributed by atoms with E-state index in [0.29, 0.717) is 6.61 Å². The first-order chi connectivity index (χ1) is 8.24. The lowest BCUT2D eigenvalue weighted by atomic mass is 10.1. The highest BCUT2D eigenvalue weighted by Crippen LogP contribution is 2.15. The summed E-state index contributed by atoms with van der Waals surface area (Å²) in [6.07, 6.45) is 8.83. The lowest BCUT2D eigenvalue weighted by molar-refractivity contribution is -0.929. The molecule has 0 spiro atoms. The Hall–Kier alpha value is 0.650. The third-order valence-electron chi connectivity index (χ3n) is 3.75. The van der Waals surface area contributed by atoms with Crippen LogP contribution in [0.25, 0.3) is 0 Å². The summed E-state index contributed by atoms with van der Waals surface area (Å²) in [4.78, 5) is 0. The molecule has 0 aromatic heterocycles. The molecule has 0 radical (unpaired) electrons. The maximum Gasteiger partial charge on any atom is 0.0808 e. The van der Waals surface area contributed by atoms with Gasteiger partial charge in [0, 0.05) is 13.0 Å². The molecule has 3 heteroatoms. The maximum absolute atomic E-state index is 9.10. The second-order valence-corrected chi connectivity index (χ2v) is 5.37. The van der Waals surface area contributed by atoms with Crippen molar-refractivity contribution in [3.05, 3.63) is 0 Å². The fraction of sp³-hybridized carbons (Fsp3) is 1.00. The van der Waals surface area contributed by atoms with Gasteiger partial charge in [0.1, 0.15) is 0 Å². The Morgan fingerprint density at radius 3 is 1.28 bits per heavy atom. The van der Waals surface area contributed by atoms with Crippen LogP contribution < -0.4 is 24.0 Å². The summed E-state index contributed by atoms with van der Waals surface area (Å²) >= 11 is 0. The Morgan fingerprint density at radius 1 is 0.667 bits per heavy atom. The number of unbranched alkanes of at least 4 members (excludes halogenated alkanes) is 3. The largest absolute Gasteiger partial charge is 1.00 e. The summed E-state index contributed by atoms with van der Waals surface area (Å²) in [5, 5.41) is 9.10. The zero-order valence-electron chi connectivity index (χ0n) is 12.8. The van der Waals surface area contributed by atoms with Crippen molar-refractivity contribution in [2.45, 2.75) is 65.7 Å². The molecule has 0 bridgehead atoms. The van der Waals surface area contributed by atoms with Crippen molar-refractivity contribution < 1.29 is 33.6 Å². The van der Waals surface area contributed by atoms with E-state index >= 15 is 0 Å². The van der Waals surface area contributed by atoms with E-state index in [-0.39, 0.29) is 24.0 Å². The van der Waals surface area contributed by atoms with Crippen molar-refractivity contribution in [1.29, 1.82) is 0 Å². The van der Waals surface area contributed by atoms with E-state index in [4.69, 9.17) is 5.11 Å². The molecule has 0 amide bonds. The van der Waals surface area contributed by atoms with E-state index in [1.807, 2.05) is 0 Å². The van der Waals surface area contributed by atoms with Crippen LogP contribution in [-0.2, 0) is 0 Å². The summed E-state index contributed by atoms with van der Waals surface area (Å²) in [6.45, 7) is 12.3. The summed E-state index contributed by atoms with van der Waals surface area (Å²) in [5.74, 6) is 0. The number of hydrogen-bond acceptors (Lipinski definition) is 1. The first kappa shape index (κ1) is 21.0. The van der Waals surface area contributed by atoms with Gasteiger partial charge in [-0.25, -0.2) is 0 Å². The van der Waals surface area contributed by atoms with Gasteiger partial charge in [-0.3, -0.25) is 0 Å². The molecule has 0 aliphatic heterocycles. The fourth-order valence-corrected chi connectivity index (χ4v) is 2.56. The van der Waals surface area contributed by atoms with E-state index in [9.17, 15) is 0 Å². The van der Waals surface area contributed by atoms with Crippen LogP contribution in [0.4, 0.5) is 0 Å². The highest BCUT2D eigenvalue weighted by atomic mass is 127. The van der Waals surface area contributed by atoms with Gasteiger partial charge >= 0.3 is 0 Å². The molecule has 0 saturated heterocycles. The molecule has 0 atom stereocenters. The summed E-state index contributed by atoms with van der Waals surface area (Å²) in [5.41, 5.74) is 0. The molecule has 0 aliphatic carbocycles. The highest BCUT2D eigenvalue weighted by molar-refractivity contribution is 4.49. The molecule has 0 heterocycles. The van der Waals surface area contributed by atoms with Crippen LogP contribution in [0.1, 0.15) is 65.7 Å². The van der Waals surface area contributed by atoms with E-state index in [1.54, 1.807) is 0 Å². The predicted octanol–water partition coefficient (Wildman–Crippen LogP) is 0.590. The quantitative estimate of drug-likeness (QED) is 0.393. The van der Waals surface area contributed by atoms with Crippen molar-refractivity contribution in [3.8, 4) is 0 Å². The molecule has 0 fully saturated rings. The van der Waals surface area contributed by atoms with Gasteiger partial charge in [-0.15, -0.1) is 0 Å². The van der Waals surface area contributed by atoms with E-state index in [0.717, 1.165) is 6.42 Å². The van der Waals surface area contributed by atoms with Crippen LogP contribution >= 0.6 is 0 Å². The number of aliphatic hydroxyl groups is 1. The zero-order valence-corrected chi connectivity index (χ0v) is 14.9. The van der Waals surface area contributed by atoms with Crippen LogP contribution in [0.15, 0.2) is 0 Å². The lowest BCUT2D eigenvalue weighted by Gasteiger charge is -2.39. The number of quaternary nitrogens is 1. The van der Waals surface area contributed by atoms with Gasteiger partial charge in [0.2, 0.25) is 0 Å². The Bertz CT molecular complexity index is 127. The minimum Gasteiger partial charge on any atom is -1.00 e. The third-order valence-corrected chi connectivity index (χ3v) is 3.75. The molecule has 0 rings (SSSR count). The van der Waals surface area contributed by atoms with Gasteiger partial charge in [0.15, 0.2) is 0 Å². The van der Waals surface area contributed by atoms with Gasteiger partial charge in [-0.05, 0) is 19.3 Å². The molecule has 0 aromatic carbocycles. The first-order valence-electron chi connectivity index (χ1n) is 7.70. The molecule has 112 valence electrons. The SMILES string of the molecule is CCCC[N+](CCCC)(CCCC)CCCO.[I-]. The average molecular weight is 371 g/mol. The molecule has 0 aromatic rings. The average Bonchev–Trinajstić information content (AvgIpc) is 2.37. The first-order valence-corrected chi connectivity index (χ1v) is 7.70. The molecule has 18 heavy (non-hydrogen) atoms. The lowest BCUT2D eigenvalue weighted by Crippen LogP contribution is -3.00. The van der Waals surface area contributed by atoms with Crippen LogP contribution in [0.5, 0.6) is 0 Å². The molecular weight excluding hydrogens is 337 g/mol. The van der Waals surface area contributed by atoms with Gasteiger partial charge in [-0.2, -0.15) is 0 Å². The fourth-order valence-electron chi connectivity index (χ4n) is 2.56. The number of aliphatic hydroxyl groups excluding tert-OH is 1. The number of rotatable bonds is 12. The van der Waals surface area contributed by atoms with Gasteiger partial charge in [-0.1, -0.05) is 40.0 Å². The molecule has 1 N–H and O–H groups in total. The minimum atomic E-state index is 0. The van der Waals surface area contributed by atoms with Crippen molar-refractivity contribution >= 4 is 0 Å². The topological polar surface area (TPSA) is 20.2 Å². The van der Waals surface area contributed by atoms with Crippen molar-refractivity contribution in [1.82, 2.24) is 0 Å².